The molecule has 3 amide bonds. The minimum absolute atomic E-state index is 0.00883. The van der Waals surface area contributed by atoms with Crippen LogP contribution in [0.25, 0.3) is 33.3 Å². The SMILES string of the molecule is CCn1c(-c2cnccc2COC)c2c3cc(ccc31)-c1cc(O)cc(c1)C[C@H](NC(=O)[C@H](C(C)C)N(C)C(=O)C1C[C@@H]1C)C(=O)N1CCC[C@@](O)(N1)C(=O)OCC(C)(C)C2. The molecule has 2 aromatic carbocycles. The van der Waals surface area contributed by atoms with E-state index in [4.69, 9.17) is 9.47 Å². The Morgan fingerprint density at radius 2 is 1.89 bits per heavy atom. The lowest BCUT2D eigenvalue weighted by Crippen LogP contribution is -2.67. The number of nitrogens with zero attached hydrogens (tertiary/aromatic N) is 4. The summed E-state index contributed by atoms with van der Waals surface area (Å²) in [6.07, 6.45) is 5.06. The summed E-state index contributed by atoms with van der Waals surface area (Å²) in [6.45, 7) is 12.9. The van der Waals surface area contributed by atoms with E-state index in [9.17, 15) is 29.4 Å². The molecule has 1 aliphatic carbocycles. The zero-order valence-electron chi connectivity index (χ0n) is 36.6. The number of aliphatic hydroxyl groups is 1. The number of esters is 1. The molecule has 61 heavy (non-hydrogen) atoms. The molecule has 326 valence electrons. The molecule has 4 N–H and O–H groups in total. The van der Waals surface area contributed by atoms with Crippen molar-refractivity contribution in [3.8, 4) is 28.1 Å². The Hall–Kier alpha value is -5.31. The Labute approximate surface area is 357 Å². The topological polar surface area (TPSA) is 176 Å². The van der Waals surface area contributed by atoms with E-state index >= 15 is 0 Å². The number of aromatic hydroxyl groups is 1. The van der Waals surface area contributed by atoms with E-state index in [1.807, 2.05) is 59.0 Å². The number of aromatic nitrogens is 2. The first-order chi connectivity index (χ1) is 28.9. The average molecular weight is 837 g/mol. The Morgan fingerprint density at radius 3 is 2.57 bits per heavy atom. The van der Waals surface area contributed by atoms with Gasteiger partial charge in [0, 0.05) is 80.3 Å². The van der Waals surface area contributed by atoms with E-state index in [0.717, 1.165) is 45.3 Å². The number of hydrazine groups is 1. The van der Waals surface area contributed by atoms with E-state index in [0.29, 0.717) is 30.7 Å². The zero-order chi connectivity index (χ0) is 44.0. The van der Waals surface area contributed by atoms with Gasteiger partial charge >= 0.3 is 5.97 Å². The molecule has 6 bridgehead atoms. The summed E-state index contributed by atoms with van der Waals surface area (Å²) >= 11 is 0. The highest BCUT2D eigenvalue weighted by Gasteiger charge is 2.47. The maximum Gasteiger partial charge on any atom is 0.355 e. The van der Waals surface area contributed by atoms with Gasteiger partial charge in [-0.1, -0.05) is 46.8 Å². The molecule has 0 radical (unpaired) electrons. The molecule has 1 saturated carbocycles. The Balaban J connectivity index is 1.36. The molecule has 2 fully saturated rings. The zero-order valence-corrected chi connectivity index (χ0v) is 36.6. The van der Waals surface area contributed by atoms with E-state index in [2.05, 4.69) is 39.4 Å². The number of aryl methyl sites for hydroxylation is 1. The van der Waals surface area contributed by atoms with Crippen LogP contribution in [-0.4, -0.2) is 98.5 Å². The standard InChI is InChI=1S/C47H60N6O8/c1-9-52-39-12-11-30-22-35(39)36(41(52)37-24-48-15-13-31(37)25-60-8)23-46(5,6)26-61-45(58)47(59)14-10-16-53(50-47)44(57)38(20-29-18-32(30)21-33(54)19-29)49-42(55)40(27(2)3)51(7)43(56)34-17-28(34)4/h11-13,15,18-19,21-22,24,27-28,34,38,40,50,54,59H,9-10,14,16-17,20,23,25-26H2,1-8H3,(H,49,55)/t28-,34?,38-,40-,47-/m0/s1. The van der Waals surface area contributed by atoms with Gasteiger partial charge in [-0.3, -0.25) is 24.4 Å². The van der Waals surface area contributed by atoms with Crippen LogP contribution in [0, 0.1) is 23.2 Å². The van der Waals surface area contributed by atoms with Gasteiger partial charge in [-0.2, -0.15) is 5.43 Å². The molecule has 2 aromatic heterocycles. The van der Waals surface area contributed by atoms with Crippen molar-refractivity contribution in [3.63, 3.8) is 0 Å². The number of benzene rings is 2. The summed E-state index contributed by atoms with van der Waals surface area (Å²) in [6, 6.07) is 11.2. The molecular weight excluding hydrogens is 777 g/mol. The second-order valence-electron chi connectivity index (χ2n) is 18.4. The molecule has 5 atom stereocenters. The number of methoxy groups -OCH3 is 1. The van der Waals surface area contributed by atoms with E-state index < -0.39 is 41.0 Å². The van der Waals surface area contributed by atoms with Gasteiger partial charge in [0.2, 0.25) is 17.5 Å². The normalized spacial score (nSPS) is 23.3. The van der Waals surface area contributed by atoms with Crippen molar-refractivity contribution in [2.75, 3.05) is 27.3 Å². The third-order valence-corrected chi connectivity index (χ3v) is 12.5. The maximum atomic E-state index is 14.6. The predicted molar refractivity (Wildman–Crippen MR) is 230 cm³/mol. The predicted octanol–water partition coefficient (Wildman–Crippen LogP) is 5.35. The highest BCUT2D eigenvalue weighted by atomic mass is 16.6. The highest BCUT2D eigenvalue weighted by Crippen LogP contribution is 2.42. The van der Waals surface area contributed by atoms with Crippen molar-refractivity contribution < 1.29 is 38.9 Å². The molecule has 7 rings (SSSR count). The van der Waals surface area contributed by atoms with Gasteiger partial charge in [0.05, 0.1) is 18.9 Å². The monoisotopic (exact) mass is 836 g/mol. The second-order valence-corrected chi connectivity index (χ2v) is 18.4. The quantitative estimate of drug-likeness (QED) is 0.161. The Morgan fingerprint density at radius 1 is 1.13 bits per heavy atom. The van der Waals surface area contributed by atoms with Gasteiger partial charge in [-0.15, -0.1) is 0 Å². The van der Waals surface area contributed by atoms with Crippen LogP contribution in [0.3, 0.4) is 0 Å². The largest absolute Gasteiger partial charge is 0.508 e. The molecule has 0 spiro atoms. The lowest BCUT2D eigenvalue weighted by atomic mass is 9.84. The molecule has 3 aliphatic rings. The molecule has 4 aromatic rings. The number of hydrogen-bond acceptors (Lipinski definition) is 10. The third kappa shape index (κ3) is 8.89. The first kappa shape index (κ1) is 43.8. The van der Waals surface area contributed by atoms with E-state index in [1.54, 1.807) is 32.5 Å². The van der Waals surface area contributed by atoms with Crippen LogP contribution in [0.2, 0.25) is 0 Å². The number of hydrogen-bond donors (Lipinski definition) is 4. The summed E-state index contributed by atoms with van der Waals surface area (Å²) < 4.78 is 13.8. The number of carbonyl (C=O) groups excluding carboxylic acids is 4. The number of likely N-dealkylation sites (N-methyl/N-ethyl adjacent to an activating group) is 1. The Kier molecular flexibility index (Phi) is 12.4. The van der Waals surface area contributed by atoms with Crippen LogP contribution in [-0.2, 0) is 54.6 Å². The van der Waals surface area contributed by atoms with Gasteiger partial charge in [0.15, 0.2) is 0 Å². The van der Waals surface area contributed by atoms with Gasteiger partial charge in [-0.25, -0.2) is 4.79 Å². The van der Waals surface area contributed by atoms with Crippen LogP contribution in [0.4, 0.5) is 0 Å². The number of phenols is 1. The van der Waals surface area contributed by atoms with E-state index in [1.165, 1.54) is 9.91 Å². The molecule has 2 aliphatic heterocycles. The fraction of sp³-hybridized carbons (Fsp3) is 0.511. The number of pyridine rings is 1. The number of carbonyl (C=O) groups is 4. The first-order valence-corrected chi connectivity index (χ1v) is 21.4. The van der Waals surface area contributed by atoms with Crippen molar-refractivity contribution in [3.05, 3.63) is 71.5 Å². The number of ether oxygens (including phenoxy) is 2. The van der Waals surface area contributed by atoms with Crippen LogP contribution >= 0.6 is 0 Å². The number of phenolic OH excluding ortho intramolecular Hbond substituents is 1. The lowest BCUT2D eigenvalue weighted by Gasteiger charge is -2.40. The van der Waals surface area contributed by atoms with Crippen LogP contribution < -0.4 is 10.7 Å². The summed E-state index contributed by atoms with van der Waals surface area (Å²) in [5.41, 5.74) is 6.84. The molecule has 14 nitrogen and oxygen atoms in total. The first-order valence-electron chi connectivity index (χ1n) is 21.4. The van der Waals surface area contributed by atoms with Crippen LogP contribution in [0.1, 0.15) is 77.5 Å². The van der Waals surface area contributed by atoms with Gasteiger partial charge in [-0.05, 0) is 96.2 Å². The smallest absolute Gasteiger partial charge is 0.355 e. The van der Waals surface area contributed by atoms with Crippen molar-refractivity contribution in [2.24, 2.45) is 23.2 Å². The highest BCUT2D eigenvalue weighted by molar-refractivity contribution is 5.96. The van der Waals surface area contributed by atoms with E-state index in [-0.39, 0.29) is 61.8 Å². The minimum atomic E-state index is -2.22. The number of rotatable bonds is 9. The summed E-state index contributed by atoms with van der Waals surface area (Å²) in [5, 5.41) is 28.1. The second kappa shape index (κ2) is 17.2. The summed E-state index contributed by atoms with van der Waals surface area (Å²) in [5.74, 6) is -2.35. The molecule has 14 heteroatoms. The fourth-order valence-electron chi connectivity index (χ4n) is 9.22. The number of cyclic esters (lactones) is 1. The molecule has 1 saturated heterocycles. The molecule has 4 heterocycles. The number of nitrogens with one attached hydrogen (secondary N) is 2. The third-order valence-electron chi connectivity index (χ3n) is 12.5. The number of amides is 3. The van der Waals surface area contributed by atoms with Crippen LogP contribution in [0.15, 0.2) is 54.9 Å². The van der Waals surface area contributed by atoms with Gasteiger partial charge < -0.3 is 34.5 Å². The maximum absolute atomic E-state index is 14.6. The van der Waals surface area contributed by atoms with Gasteiger partial charge in [0.25, 0.3) is 5.91 Å². The fourth-order valence-corrected chi connectivity index (χ4v) is 9.22. The summed E-state index contributed by atoms with van der Waals surface area (Å²) in [7, 11) is 3.28. The van der Waals surface area contributed by atoms with Crippen molar-refractivity contribution >= 4 is 34.6 Å². The lowest BCUT2D eigenvalue weighted by molar-refractivity contribution is -0.189. The van der Waals surface area contributed by atoms with Crippen LogP contribution in [0.5, 0.6) is 5.75 Å². The average Bonchev–Trinajstić information content (AvgIpc) is 3.88. The Bertz CT molecular complexity index is 2340. The number of fused-ring (bicyclic) bond motifs is 6. The summed E-state index contributed by atoms with van der Waals surface area (Å²) in [4.78, 5) is 62.1. The van der Waals surface area contributed by atoms with Crippen molar-refractivity contribution in [1.29, 1.82) is 0 Å². The molecule has 1 unspecified atom stereocenters. The molecular formula is C47H60N6O8. The van der Waals surface area contributed by atoms with Crippen molar-refractivity contribution in [2.45, 2.75) is 105 Å². The van der Waals surface area contributed by atoms with Crippen molar-refractivity contribution in [1.82, 2.24) is 30.2 Å². The van der Waals surface area contributed by atoms with Gasteiger partial charge in [0.1, 0.15) is 17.8 Å². The minimum Gasteiger partial charge on any atom is -0.508 e.